The van der Waals surface area contributed by atoms with E-state index in [-0.39, 0.29) is 5.82 Å². The maximum Gasteiger partial charge on any atom is 0.328 e. The van der Waals surface area contributed by atoms with Gasteiger partial charge in [-0.15, -0.1) is 0 Å². The van der Waals surface area contributed by atoms with Crippen molar-refractivity contribution in [1.82, 2.24) is 4.98 Å². The van der Waals surface area contributed by atoms with E-state index >= 15 is 0 Å². The molecule has 0 unspecified atom stereocenters. The average Bonchev–Trinajstić information content (AvgIpc) is 2.12. The van der Waals surface area contributed by atoms with Gasteiger partial charge in [-0.2, -0.15) is 8.42 Å². The molecule has 0 aromatic carbocycles. The molecule has 0 amide bonds. The zero-order valence-electron chi connectivity index (χ0n) is 7.99. The number of carboxylic acid groups (broad SMARTS) is 1. The van der Waals surface area contributed by atoms with Crippen LogP contribution in [0.15, 0.2) is 24.3 Å². The first kappa shape index (κ1) is 12.1. The van der Waals surface area contributed by atoms with Crippen LogP contribution in [0, 0.1) is 0 Å². The van der Waals surface area contributed by atoms with E-state index in [2.05, 4.69) is 4.98 Å². The van der Waals surface area contributed by atoms with Crippen molar-refractivity contribution >= 4 is 28.1 Å². The van der Waals surface area contributed by atoms with Gasteiger partial charge >= 0.3 is 5.97 Å². The molecule has 16 heavy (non-hydrogen) atoms. The van der Waals surface area contributed by atoms with Crippen LogP contribution in [0.25, 0.3) is 6.08 Å². The molecule has 86 valence electrons. The van der Waals surface area contributed by atoms with Gasteiger partial charge in [0.25, 0.3) is 10.2 Å². The molecule has 0 spiro atoms. The van der Waals surface area contributed by atoms with Gasteiger partial charge in [0.2, 0.25) is 0 Å². The van der Waals surface area contributed by atoms with Crippen LogP contribution in [0.5, 0.6) is 0 Å². The van der Waals surface area contributed by atoms with Gasteiger partial charge in [0.1, 0.15) is 5.82 Å². The van der Waals surface area contributed by atoms with Gasteiger partial charge in [-0.05, 0) is 18.2 Å². The Morgan fingerprint density at radius 3 is 2.75 bits per heavy atom. The van der Waals surface area contributed by atoms with E-state index in [1.165, 1.54) is 24.3 Å². The second-order valence-corrected chi connectivity index (χ2v) is 4.06. The number of aromatic nitrogens is 1. The van der Waals surface area contributed by atoms with Crippen LogP contribution >= 0.6 is 0 Å². The monoisotopic (exact) mass is 243 g/mol. The molecule has 0 radical (unpaired) electrons. The van der Waals surface area contributed by atoms with E-state index in [9.17, 15) is 13.2 Å². The molecular formula is C8H9N3O4S. The first-order valence-electron chi connectivity index (χ1n) is 4.05. The van der Waals surface area contributed by atoms with Gasteiger partial charge in [0.15, 0.2) is 0 Å². The smallest absolute Gasteiger partial charge is 0.328 e. The summed E-state index contributed by atoms with van der Waals surface area (Å²) in [6.07, 6.45) is 2.12. The number of nitrogens with one attached hydrogen (secondary N) is 1. The first-order valence-corrected chi connectivity index (χ1v) is 5.60. The molecule has 1 aromatic rings. The summed E-state index contributed by atoms with van der Waals surface area (Å²) in [5.41, 5.74) is 0.302. The summed E-state index contributed by atoms with van der Waals surface area (Å²) in [7, 11) is -3.88. The van der Waals surface area contributed by atoms with Gasteiger partial charge in [-0.25, -0.2) is 14.9 Å². The number of carbonyl (C=O) groups is 1. The summed E-state index contributed by atoms with van der Waals surface area (Å²) in [6, 6.07) is 4.43. The van der Waals surface area contributed by atoms with Crippen molar-refractivity contribution in [1.29, 1.82) is 0 Å². The number of hydrogen-bond donors (Lipinski definition) is 3. The number of rotatable bonds is 4. The van der Waals surface area contributed by atoms with Crippen LogP contribution in [0.1, 0.15) is 5.69 Å². The second kappa shape index (κ2) is 4.73. The fraction of sp³-hybridized carbons (Fsp3) is 0. The van der Waals surface area contributed by atoms with Gasteiger partial charge in [0.05, 0.1) is 5.69 Å². The number of anilines is 1. The van der Waals surface area contributed by atoms with Gasteiger partial charge in [-0.1, -0.05) is 6.07 Å². The number of hydrogen-bond acceptors (Lipinski definition) is 4. The third-order valence-electron chi connectivity index (χ3n) is 1.41. The lowest BCUT2D eigenvalue weighted by molar-refractivity contribution is -0.131. The molecule has 0 atom stereocenters. The van der Waals surface area contributed by atoms with Crippen molar-refractivity contribution in [3.05, 3.63) is 30.0 Å². The summed E-state index contributed by atoms with van der Waals surface area (Å²) in [5, 5.41) is 13.1. The predicted octanol–water partition coefficient (Wildman–Crippen LogP) is -0.205. The molecule has 1 heterocycles. The highest BCUT2D eigenvalue weighted by atomic mass is 32.2. The summed E-state index contributed by atoms with van der Waals surface area (Å²) < 4.78 is 23.4. The lowest BCUT2D eigenvalue weighted by atomic mass is 10.3. The number of nitrogens with zero attached hydrogens (tertiary/aromatic N) is 1. The molecule has 0 fully saturated rings. The Bertz CT molecular complexity index is 524. The minimum atomic E-state index is -3.88. The number of aliphatic carboxylic acids is 1. The highest BCUT2D eigenvalue weighted by Gasteiger charge is 2.03. The van der Waals surface area contributed by atoms with Crippen LogP contribution in [-0.2, 0) is 15.0 Å². The summed E-state index contributed by atoms with van der Waals surface area (Å²) >= 11 is 0. The SMILES string of the molecule is NS(=O)(=O)Nc1cccc(/C=C/C(=O)O)n1. The van der Waals surface area contributed by atoms with Crippen molar-refractivity contribution in [2.45, 2.75) is 0 Å². The highest BCUT2D eigenvalue weighted by Crippen LogP contribution is 2.06. The minimum Gasteiger partial charge on any atom is -0.478 e. The van der Waals surface area contributed by atoms with E-state index in [1.807, 2.05) is 4.72 Å². The first-order chi connectivity index (χ1) is 7.37. The lowest BCUT2D eigenvalue weighted by Gasteiger charge is -2.02. The minimum absolute atomic E-state index is 0.0232. The fourth-order valence-electron chi connectivity index (χ4n) is 0.904. The molecule has 1 rings (SSSR count). The Morgan fingerprint density at radius 1 is 1.50 bits per heavy atom. The molecule has 0 bridgehead atoms. The molecule has 0 saturated carbocycles. The number of nitrogens with two attached hydrogens (primary N) is 1. The molecular weight excluding hydrogens is 234 g/mol. The van der Waals surface area contributed by atoms with E-state index in [4.69, 9.17) is 10.2 Å². The number of carboxylic acids is 1. The molecule has 7 nitrogen and oxygen atoms in total. The third-order valence-corrected chi connectivity index (χ3v) is 1.91. The van der Waals surface area contributed by atoms with Crippen LogP contribution in [-0.4, -0.2) is 24.5 Å². The molecule has 0 saturated heterocycles. The van der Waals surface area contributed by atoms with Crippen molar-refractivity contribution in [3.63, 3.8) is 0 Å². The Morgan fingerprint density at radius 2 is 2.19 bits per heavy atom. The van der Waals surface area contributed by atoms with Crippen LogP contribution in [0.2, 0.25) is 0 Å². The molecule has 4 N–H and O–H groups in total. The molecule has 0 aliphatic carbocycles. The van der Waals surface area contributed by atoms with Crippen LogP contribution in [0.4, 0.5) is 5.82 Å². The predicted molar refractivity (Wildman–Crippen MR) is 57.6 cm³/mol. The van der Waals surface area contributed by atoms with Gasteiger partial charge in [0, 0.05) is 6.08 Å². The fourth-order valence-corrected chi connectivity index (χ4v) is 1.31. The normalized spacial score (nSPS) is 11.6. The Hall–Kier alpha value is -1.93. The van der Waals surface area contributed by atoms with Crippen LogP contribution < -0.4 is 9.86 Å². The summed E-state index contributed by atoms with van der Waals surface area (Å²) in [5.74, 6) is -1.10. The topological polar surface area (TPSA) is 122 Å². The third kappa shape index (κ3) is 4.53. The molecule has 8 heteroatoms. The van der Waals surface area contributed by atoms with Crippen molar-refractivity contribution in [2.24, 2.45) is 5.14 Å². The largest absolute Gasteiger partial charge is 0.478 e. The van der Waals surface area contributed by atoms with E-state index in [0.717, 1.165) is 6.08 Å². The zero-order chi connectivity index (χ0) is 12.2. The highest BCUT2D eigenvalue weighted by molar-refractivity contribution is 7.90. The second-order valence-electron chi connectivity index (χ2n) is 2.77. The van der Waals surface area contributed by atoms with E-state index in [0.29, 0.717) is 5.69 Å². The maximum atomic E-state index is 10.7. The molecule has 0 aliphatic heterocycles. The molecule has 1 aromatic heterocycles. The standard InChI is InChI=1S/C8H9N3O4S/c9-16(14,15)11-7-3-1-2-6(10-7)4-5-8(12)13/h1-5H,(H,10,11)(H,12,13)(H2,9,14,15)/b5-4+. The van der Waals surface area contributed by atoms with Crippen molar-refractivity contribution in [2.75, 3.05) is 4.72 Å². The van der Waals surface area contributed by atoms with Gasteiger partial charge < -0.3 is 5.11 Å². The summed E-state index contributed by atoms with van der Waals surface area (Å²) in [4.78, 5) is 14.0. The van der Waals surface area contributed by atoms with Crippen LogP contribution in [0.3, 0.4) is 0 Å². The average molecular weight is 243 g/mol. The Labute approximate surface area is 91.8 Å². The van der Waals surface area contributed by atoms with Crippen molar-refractivity contribution in [3.8, 4) is 0 Å². The zero-order valence-corrected chi connectivity index (χ0v) is 8.81. The Balaban J connectivity index is 2.91. The Kier molecular flexibility index (Phi) is 3.59. The van der Waals surface area contributed by atoms with Gasteiger partial charge in [-0.3, -0.25) is 4.72 Å². The molecule has 0 aliphatic rings. The van der Waals surface area contributed by atoms with E-state index in [1.54, 1.807) is 0 Å². The quantitative estimate of drug-likeness (QED) is 0.632. The summed E-state index contributed by atoms with van der Waals surface area (Å²) in [6.45, 7) is 0. The lowest BCUT2D eigenvalue weighted by Crippen LogP contribution is -2.22. The van der Waals surface area contributed by atoms with Crippen molar-refractivity contribution < 1.29 is 18.3 Å². The van der Waals surface area contributed by atoms with E-state index < -0.39 is 16.2 Å². The number of pyridine rings is 1. The maximum absolute atomic E-state index is 10.7.